The Morgan fingerprint density at radius 3 is 2.76 bits per heavy atom. The van der Waals surface area contributed by atoms with Gasteiger partial charge in [0.25, 0.3) is 0 Å². The van der Waals surface area contributed by atoms with Crippen LogP contribution in [0.3, 0.4) is 0 Å². The van der Waals surface area contributed by atoms with E-state index in [4.69, 9.17) is 4.98 Å². The van der Waals surface area contributed by atoms with Crippen LogP contribution in [0.5, 0.6) is 0 Å². The van der Waals surface area contributed by atoms with Gasteiger partial charge >= 0.3 is 0 Å². The Bertz CT molecular complexity index is 594. The molecule has 1 saturated heterocycles. The van der Waals surface area contributed by atoms with Crippen LogP contribution < -0.4 is 0 Å². The van der Waals surface area contributed by atoms with Crippen molar-refractivity contribution in [1.82, 2.24) is 14.5 Å². The average molecular weight is 283 g/mol. The summed E-state index contributed by atoms with van der Waals surface area (Å²) in [6.45, 7) is 8.49. The normalized spacial score (nSPS) is 16.4. The van der Waals surface area contributed by atoms with Crippen LogP contribution in [0.1, 0.15) is 31.5 Å². The molecule has 2 heterocycles. The third-order valence-electron chi connectivity index (χ3n) is 4.37. The first-order valence-corrected chi connectivity index (χ1v) is 8.16. The van der Waals surface area contributed by atoms with Gasteiger partial charge in [0.1, 0.15) is 5.82 Å². The Hall–Kier alpha value is -1.61. The number of benzene rings is 1. The highest BCUT2D eigenvalue weighted by molar-refractivity contribution is 5.75. The van der Waals surface area contributed by atoms with Gasteiger partial charge in [-0.15, -0.1) is 6.58 Å². The molecule has 112 valence electrons. The molecule has 0 radical (unpaired) electrons. The van der Waals surface area contributed by atoms with Crippen LogP contribution in [0.25, 0.3) is 11.0 Å². The lowest BCUT2D eigenvalue weighted by atomic mass is 10.1. The number of imidazole rings is 1. The predicted octanol–water partition coefficient (Wildman–Crippen LogP) is 3.64. The van der Waals surface area contributed by atoms with Crippen molar-refractivity contribution in [2.45, 2.75) is 38.6 Å². The average Bonchev–Trinajstić information content (AvgIpc) is 2.87. The highest BCUT2D eigenvalue weighted by atomic mass is 15.1. The van der Waals surface area contributed by atoms with Gasteiger partial charge < -0.3 is 9.47 Å². The molecule has 3 nitrogen and oxygen atoms in total. The summed E-state index contributed by atoms with van der Waals surface area (Å²) in [6.07, 6.45) is 8.36. The second kappa shape index (κ2) is 6.90. The number of para-hydroxylation sites is 2. The zero-order valence-electron chi connectivity index (χ0n) is 12.8. The van der Waals surface area contributed by atoms with Crippen LogP contribution in [0.2, 0.25) is 0 Å². The summed E-state index contributed by atoms with van der Waals surface area (Å²) < 4.78 is 2.30. The highest BCUT2D eigenvalue weighted by Crippen LogP contribution is 2.17. The number of rotatable bonds is 6. The van der Waals surface area contributed by atoms with Crippen LogP contribution >= 0.6 is 0 Å². The molecule has 0 unspecified atom stereocenters. The predicted molar refractivity (Wildman–Crippen MR) is 88.5 cm³/mol. The van der Waals surface area contributed by atoms with Crippen LogP contribution in [0.4, 0.5) is 0 Å². The molecule has 1 aliphatic rings. The number of aryl methyl sites for hydroxylation is 1. The topological polar surface area (TPSA) is 21.1 Å². The number of fused-ring (bicyclic) bond motifs is 1. The van der Waals surface area contributed by atoms with Gasteiger partial charge in [0, 0.05) is 13.0 Å². The largest absolute Gasteiger partial charge is 0.324 e. The van der Waals surface area contributed by atoms with Gasteiger partial charge in [0.15, 0.2) is 0 Å². The summed E-state index contributed by atoms with van der Waals surface area (Å²) in [4.78, 5) is 7.41. The molecule has 0 N–H and O–H groups in total. The van der Waals surface area contributed by atoms with Gasteiger partial charge in [-0.1, -0.05) is 24.6 Å². The fourth-order valence-corrected chi connectivity index (χ4v) is 3.29. The summed E-state index contributed by atoms with van der Waals surface area (Å²) in [7, 11) is 0. The molecule has 3 rings (SSSR count). The molecule has 0 saturated carbocycles. The summed E-state index contributed by atoms with van der Waals surface area (Å²) in [5.41, 5.74) is 2.33. The number of likely N-dealkylation sites (tertiary alicyclic amines) is 1. The van der Waals surface area contributed by atoms with E-state index < -0.39 is 0 Å². The first-order chi connectivity index (χ1) is 10.4. The maximum atomic E-state index is 4.81. The lowest BCUT2D eigenvalue weighted by molar-refractivity contribution is 0.226. The Kier molecular flexibility index (Phi) is 4.71. The van der Waals surface area contributed by atoms with Gasteiger partial charge in [-0.3, -0.25) is 0 Å². The van der Waals surface area contributed by atoms with E-state index in [1.165, 1.54) is 56.7 Å². The quantitative estimate of drug-likeness (QED) is 0.755. The molecule has 0 atom stereocenters. The minimum absolute atomic E-state index is 0.847. The molecular weight excluding hydrogens is 258 g/mol. The Morgan fingerprint density at radius 1 is 1.14 bits per heavy atom. The van der Waals surface area contributed by atoms with Gasteiger partial charge in [-0.2, -0.15) is 0 Å². The maximum absolute atomic E-state index is 4.81. The molecule has 2 aromatic rings. The minimum Gasteiger partial charge on any atom is -0.324 e. The third kappa shape index (κ3) is 3.35. The van der Waals surface area contributed by atoms with Gasteiger partial charge in [0.05, 0.1) is 11.0 Å². The summed E-state index contributed by atoms with van der Waals surface area (Å²) in [5.74, 6) is 1.20. The molecular formula is C18H25N3. The van der Waals surface area contributed by atoms with E-state index in [0.29, 0.717) is 0 Å². The standard InChI is InChI=1S/C18H25N3/c1-2-12-21-17-10-5-4-9-16(17)19-18(21)11-8-15-20-13-6-3-7-14-20/h2,4-5,9-10H,1,3,6-8,11-15H2. The van der Waals surface area contributed by atoms with Crippen molar-refractivity contribution in [2.75, 3.05) is 19.6 Å². The van der Waals surface area contributed by atoms with E-state index in [1.807, 2.05) is 6.08 Å². The molecule has 0 amide bonds. The van der Waals surface area contributed by atoms with Crippen LogP contribution in [-0.4, -0.2) is 34.1 Å². The highest BCUT2D eigenvalue weighted by Gasteiger charge is 2.12. The second-order valence-electron chi connectivity index (χ2n) is 5.92. The SMILES string of the molecule is C=CCn1c(CCCN2CCCCC2)nc2ccccc21. The minimum atomic E-state index is 0.847. The van der Waals surface area contributed by atoms with Gasteiger partial charge in [-0.05, 0) is 51.0 Å². The lowest BCUT2D eigenvalue weighted by Crippen LogP contribution is -2.30. The van der Waals surface area contributed by atoms with E-state index >= 15 is 0 Å². The second-order valence-corrected chi connectivity index (χ2v) is 5.92. The van der Waals surface area contributed by atoms with Crippen molar-refractivity contribution in [2.24, 2.45) is 0 Å². The van der Waals surface area contributed by atoms with Gasteiger partial charge in [0.2, 0.25) is 0 Å². The molecule has 1 fully saturated rings. The Balaban J connectivity index is 1.67. The number of hydrogen-bond acceptors (Lipinski definition) is 2. The number of allylic oxidation sites excluding steroid dienone is 1. The maximum Gasteiger partial charge on any atom is 0.110 e. The fraction of sp³-hybridized carbons (Fsp3) is 0.500. The summed E-state index contributed by atoms with van der Waals surface area (Å²) in [6, 6.07) is 8.40. The summed E-state index contributed by atoms with van der Waals surface area (Å²) >= 11 is 0. The Morgan fingerprint density at radius 2 is 1.95 bits per heavy atom. The van der Waals surface area contributed by atoms with E-state index in [2.05, 4.69) is 40.3 Å². The lowest BCUT2D eigenvalue weighted by Gasteiger charge is -2.26. The van der Waals surface area contributed by atoms with Crippen molar-refractivity contribution in [3.8, 4) is 0 Å². The number of hydrogen-bond donors (Lipinski definition) is 0. The van der Waals surface area contributed by atoms with Crippen molar-refractivity contribution >= 4 is 11.0 Å². The Labute approximate surface area is 127 Å². The first-order valence-electron chi connectivity index (χ1n) is 8.16. The zero-order chi connectivity index (χ0) is 14.5. The summed E-state index contributed by atoms with van der Waals surface area (Å²) in [5, 5.41) is 0. The molecule has 0 aliphatic carbocycles. The van der Waals surface area contributed by atoms with Crippen molar-refractivity contribution in [3.63, 3.8) is 0 Å². The van der Waals surface area contributed by atoms with Crippen molar-refractivity contribution in [1.29, 1.82) is 0 Å². The molecule has 21 heavy (non-hydrogen) atoms. The zero-order valence-corrected chi connectivity index (χ0v) is 12.8. The molecule has 1 aliphatic heterocycles. The number of piperidine rings is 1. The van der Waals surface area contributed by atoms with E-state index in [0.717, 1.165) is 18.5 Å². The molecule has 1 aromatic heterocycles. The van der Waals surface area contributed by atoms with E-state index in [-0.39, 0.29) is 0 Å². The molecule has 1 aromatic carbocycles. The molecule has 0 spiro atoms. The molecule has 3 heteroatoms. The van der Waals surface area contributed by atoms with Crippen LogP contribution in [-0.2, 0) is 13.0 Å². The third-order valence-corrected chi connectivity index (χ3v) is 4.37. The number of aromatic nitrogens is 2. The molecule has 0 bridgehead atoms. The van der Waals surface area contributed by atoms with Crippen LogP contribution in [0.15, 0.2) is 36.9 Å². The monoisotopic (exact) mass is 283 g/mol. The first kappa shape index (κ1) is 14.3. The van der Waals surface area contributed by atoms with Crippen LogP contribution in [0, 0.1) is 0 Å². The number of nitrogens with zero attached hydrogens (tertiary/aromatic N) is 3. The fourth-order valence-electron chi connectivity index (χ4n) is 3.29. The van der Waals surface area contributed by atoms with E-state index in [1.54, 1.807) is 0 Å². The van der Waals surface area contributed by atoms with Crippen molar-refractivity contribution in [3.05, 3.63) is 42.7 Å². The van der Waals surface area contributed by atoms with Gasteiger partial charge in [-0.25, -0.2) is 4.98 Å². The smallest absolute Gasteiger partial charge is 0.110 e. The van der Waals surface area contributed by atoms with E-state index in [9.17, 15) is 0 Å². The van der Waals surface area contributed by atoms with Crippen molar-refractivity contribution < 1.29 is 0 Å².